The zero-order valence-electron chi connectivity index (χ0n) is 10.1. The maximum absolute atomic E-state index is 11.7. The highest BCUT2D eigenvalue weighted by Gasteiger charge is 2.17. The van der Waals surface area contributed by atoms with E-state index in [-0.39, 0.29) is 18.1 Å². The molecule has 0 atom stereocenters. The minimum atomic E-state index is -0.533. The summed E-state index contributed by atoms with van der Waals surface area (Å²) in [7, 11) is 0. The van der Waals surface area contributed by atoms with Crippen LogP contribution in [0.15, 0.2) is 30.5 Å². The minimum Gasteiger partial charge on any atom is -0.594 e. The van der Waals surface area contributed by atoms with Gasteiger partial charge >= 0.3 is 11.7 Å². The van der Waals surface area contributed by atoms with E-state index in [1.54, 1.807) is 35.6 Å². The number of para-hydroxylation sites is 2. The number of rotatable bonds is 2. The van der Waals surface area contributed by atoms with Crippen LogP contribution in [0, 0.1) is 5.21 Å². The van der Waals surface area contributed by atoms with Gasteiger partial charge in [-0.3, -0.25) is 4.40 Å². The summed E-state index contributed by atoms with van der Waals surface area (Å²) in [6.45, 7) is 1.98. The molecule has 0 radical (unpaired) electrons. The van der Waals surface area contributed by atoms with E-state index in [1.165, 1.54) is 6.20 Å². The van der Waals surface area contributed by atoms with Gasteiger partial charge in [0, 0.05) is 12.3 Å². The number of hydrogen-bond acceptors (Lipinski definition) is 5. The lowest BCUT2D eigenvalue weighted by atomic mass is 10.3. The molecule has 2 aromatic heterocycles. The molecule has 96 valence electrons. The van der Waals surface area contributed by atoms with Crippen molar-refractivity contribution in [2.45, 2.75) is 6.92 Å². The second-order valence-electron chi connectivity index (χ2n) is 3.88. The van der Waals surface area contributed by atoms with Crippen molar-refractivity contribution < 1.29 is 14.4 Å². The van der Waals surface area contributed by atoms with Gasteiger partial charge in [0.05, 0.1) is 11.7 Å². The van der Waals surface area contributed by atoms with Crippen molar-refractivity contribution in [3.63, 3.8) is 0 Å². The minimum absolute atomic E-state index is 0.130. The van der Waals surface area contributed by atoms with Gasteiger partial charge in [-0.2, -0.15) is 4.98 Å². The number of hydrogen-bond donors (Lipinski definition) is 0. The normalized spacial score (nSPS) is 11.0. The average molecular weight is 258 g/mol. The molecule has 0 aliphatic carbocycles. The maximum Gasteiger partial charge on any atom is 0.358 e. The van der Waals surface area contributed by atoms with Gasteiger partial charge in [0.15, 0.2) is 5.69 Å². The molecule has 19 heavy (non-hydrogen) atoms. The fourth-order valence-corrected chi connectivity index (χ4v) is 1.89. The number of esters is 1. The van der Waals surface area contributed by atoms with Crippen molar-refractivity contribution in [3.8, 4) is 0 Å². The SMILES string of the molecule is CCOC(=O)c1cn2c(n1)n[n+]([O-])c1ccccc12. The van der Waals surface area contributed by atoms with E-state index in [0.717, 1.165) is 0 Å². The predicted octanol–water partition coefficient (Wildman–Crippen LogP) is 0.693. The number of ether oxygens (including phenoxy) is 1. The number of benzene rings is 1. The molecule has 0 N–H and O–H groups in total. The van der Waals surface area contributed by atoms with Crippen molar-refractivity contribution in [2.24, 2.45) is 0 Å². The molecule has 0 aliphatic heterocycles. The molecule has 0 saturated heterocycles. The number of nitrogens with zero attached hydrogens (tertiary/aromatic N) is 4. The largest absolute Gasteiger partial charge is 0.594 e. The first kappa shape index (κ1) is 11.4. The van der Waals surface area contributed by atoms with E-state index in [2.05, 4.69) is 10.1 Å². The van der Waals surface area contributed by atoms with Crippen LogP contribution in [-0.2, 0) is 4.74 Å². The summed E-state index contributed by atoms with van der Waals surface area (Å²) in [6, 6.07) is 6.95. The third-order valence-electron chi connectivity index (χ3n) is 2.70. The smallest absolute Gasteiger partial charge is 0.358 e. The summed E-state index contributed by atoms with van der Waals surface area (Å²) in [4.78, 5) is 16.1. The van der Waals surface area contributed by atoms with E-state index in [9.17, 15) is 10.0 Å². The Morgan fingerprint density at radius 2 is 2.26 bits per heavy atom. The summed E-state index contributed by atoms with van der Waals surface area (Å²) in [6.07, 6.45) is 1.52. The van der Waals surface area contributed by atoms with Crippen LogP contribution in [0.25, 0.3) is 16.8 Å². The predicted molar refractivity (Wildman–Crippen MR) is 65.4 cm³/mol. The van der Waals surface area contributed by atoms with Crippen molar-refractivity contribution in [3.05, 3.63) is 41.4 Å². The molecule has 0 fully saturated rings. The third-order valence-corrected chi connectivity index (χ3v) is 2.70. The topological polar surface area (TPSA) is 83.4 Å². The molecular weight excluding hydrogens is 248 g/mol. The molecule has 7 nitrogen and oxygen atoms in total. The van der Waals surface area contributed by atoms with Gasteiger partial charge in [-0.25, -0.2) is 4.79 Å². The van der Waals surface area contributed by atoms with Gasteiger partial charge in [-0.05, 0) is 17.8 Å². The summed E-state index contributed by atoms with van der Waals surface area (Å²) in [5, 5.41) is 15.5. The Morgan fingerprint density at radius 1 is 1.47 bits per heavy atom. The summed E-state index contributed by atoms with van der Waals surface area (Å²) in [5.41, 5.74) is 1.17. The maximum atomic E-state index is 11.7. The highest BCUT2D eigenvalue weighted by Crippen LogP contribution is 2.12. The van der Waals surface area contributed by atoms with Crippen molar-refractivity contribution >= 4 is 22.8 Å². The molecule has 0 spiro atoms. The third kappa shape index (κ3) is 1.75. The molecule has 0 bridgehead atoms. The Hall–Kier alpha value is -2.70. The van der Waals surface area contributed by atoms with Gasteiger partial charge < -0.3 is 9.94 Å². The van der Waals surface area contributed by atoms with Crippen molar-refractivity contribution in [2.75, 3.05) is 6.61 Å². The van der Waals surface area contributed by atoms with Gasteiger partial charge in [-0.1, -0.05) is 12.1 Å². The van der Waals surface area contributed by atoms with Gasteiger partial charge in [0.1, 0.15) is 5.52 Å². The molecular formula is C12H10N4O3. The van der Waals surface area contributed by atoms with Crippen molar-refractivity contribution in [1.29, 1.82) is 0 Å². The van der Waals surface area contributed by atoms with Crippen LogP contribution in [-0.4, -0.2) is 27.1 Å². The number of aromatic nitrogens is 4. The lowest BCUT2D eigenvalue weighted by Gasteiger charge is -2.00. The summed E-state index contributed by atoms with van der Waals surface area (Å²) in [5.74, 6) is -0.369. The first-order chi connectivity index (χ1) is 9.20. The average Bonchev–Trinajstić information content (AvgIpc) is 2.83. The molecule has 3 rings (SSSR count). The fraction of sp³-hybridized carbons (Fsp3) is 0.167. The zero-order valence-corrected chi connectivity index (χ0v) is 10.1. The molecule has 3 aromatic rings. The molecule has 2 heterocycles. The Bertz CT molecular complexity index is 781. The molecule has 0 aliphatic rings. The van der Waals surface area contributed by atoms with Crippen LogP contribution in [0.4, 0.5) is 0 Å². The Kier molecular flexibility index (Phi) is 2.52. The number of carbonyl (C=O) groups is 1. The second kappa shape index (κ2) is 4.20. The van der Waals surface area contributed by atoms with Crippen LogP contribution in [0.2, 0.25) is 0 Å². The number of imidazole rings is 1. The number of carbonyl (C=O) groups excluding carboxylic acids is 1. The standard InChI is InChI=1S/C12H10N4O3/c1-2-19-11(17)8-7-15-9-5-3-4-6-10(9)16(18)14-12(15)13-8/h3-7H,2H2,1H3. The van der Waals surface area contributed by atoms with E-state index in [4.69, 9.17) is 4.74 Å². The van der Waals surface area contributed by atoms with Crippen LogP contribution in [0.5, 0.6) is 0 Å². The fourth-order valence-electron chi connectivity index (χ4n) is 1.89. The Balaban J connectivity index is 2.28. The van der Waals surface area contributed by atoms with E-state index in [0.29, 0.717) is 15.9 Å². The van der Waals surface area contributed by atoms with Crippen LogP contribution in [0.3, 0.4) is 0 Å². The molecule has 0 unspecified atom stereocenters. The van der Waals surface area contributed by atoms with Gasteiger partial charge in [-0.15, -0.1) is 0 Å². The molecule has 0 saturated carbocycles. The van der Waals surface area contributed by atoms with E-state index in [1.807, 2.05) is 0 Å². The van der Waals surface area contributed by atoms with Gasteiger partial charge in [0.25, 0.3) is 5.52 Å². The van der Waals surface area contributed by atoms with Crippen LogP contribution in [0.1, 0.15) is 17.4 Å². The molecule has 1 aromatic carbocycles. The van der Waals surface area contributed by atoms with E-state index >= 15 is 0 Å². The Morgan fingerprint density at radius 3 is 3.05 bits per heavy atom. The first-order valence-corrected chi connectivity index (χ1v) is 5.75. The van der Waals surface area contributed by atoms with Gasteiger partial charge in [0.2, 0.25) is 0 Å². The summed E-state index contributed by atoms with van der Waals surface area (Å²) < 4.78 is 6.47. The highest BCUT2D eigenvalue weighted by molar-refractivity contribution is 5.88. The highest BCUT2D eigenvalue weighted by atomic mass is 16.5. The van der Waals surface area contributed by atoms with Crippen LogP contribution >= 0.6 is 0 Å². The van der Waals surface area contributed by atoms with E-state index < -0.39 is 5.97 Å². The lowest BCUT2D eigenvalue weighted by molar-refractivity contribution is -0.640. The second-order valence-corrected chi connectivity index (χ2v) is 3.88. The monoisotopic (exact) mass is 258 g/mol. The molecule has 0 amide bonds. The zero-order chi connectivity index (χ0) is 13.4. The van der Waals surface area contributed by atoms with Crippen LogP contribution < -0.4 is 4.85 Å². The van der Waals surface area contributed by atoms with Crippen molar-refractivity contribution in [1.82, 2.24) is 14.5 Å². The summed E-state index contributed by atoms with van der Waals surface area (Å²) >= 11 is 0. The number of fused-ring (bicyclic) bond motifs is 3. The lowest BCUT2D eigenvalue weighted by Crippen LogP contribution is -2.32. The Labute approximate surface area is 107 Å². The first-order valence-electron chi connectivity index (χ1n) is 5.75. The quantitative estimate of drug-likeness (QED) is 0.383. The molecule has 7 heteroatoms.